The maximum atomic E-state index is 10.4. The maximum Gasteiger partial charge on any atom is 0.125 e. The number of ether oxygens (including phenoxy) is 1. The fourth-order valence-corrected chi connectivity index (χ4v) is 1.79. The Bertz CT molecular complexity index is 497. The summed E-state index contributed by atoms with van der Waals surface area (Å²) in [5.41, 5.74) is 1.59. The lowest BCUT2D eigenvalue weighted by molar-refractivity contribution is 0.198. The Morgan fingerprint density at radius 2 is 1.72 bits per heavy atom. The molecule has 0 spiro atoms. The van der Waals surface area contributed by atoms with Crippen molar-refractivity contribution >= 4 is 0 Å². The van der Waals surface area contributed by atoms with Crippen LogP contribution in [0.2, 0.25) is 0 Å². The number of pyridine rings is 1. The second-order valence-electron chi connectivity index (χ2n) is 4.39. The van der Waals surface area contributed by atoms with Crippen LogP contribution in [0.1, 0.15) is 31.1 Å². The van der Waals surface area contributed by atoms with Gasteiger partial charge in [0.25, 0.3) is 0 Å². The van der Waals surface area contributed by atoms with E-state index in [0.717, 1.165) is 16.9 Å². The van der Waals surface area contributed by atoms with Crippen molar-refractivity contribution < 1.29 is 9.84 Å². The Morgan fingerprint density at radius 1 is 1.06 bits per heavy atom. The first-order valence-corrected chi connectivity index (χ1v) is 6.02. The lowest BCUT2D eigenvalue weighted by Gasteiger charge is -2.18. The van der Waals surface area contributed by atoms with E-state index in [1.807, 2.05) is 38.1 Å². The zero-order valence-corrected chi connectivity index (χ0v) is 10.6. The molecule has 0 fully saturated rings. The molecular weight excluding hydrogens is 226 g/mol. The summed E-state index contributed by atoms with van der Waals surface area (Å²) in [6, 6.07) is 11.2. The second kappa shape index (κ2) is 5.65. The van der Waals surface area contributed by atoms with Crippen LogP contribution >= 0.6 is 0 Å². The molecular formula is C15H17NO2. The number of nitrogens with zero attached hydrogens (tertiary/aromatic N) is 1. The van der Waals surface area contributed by atoms with Crippen LogP contribution in [0.3, 0.4) is 0 Å². The number of para-hydroxylation sites is 1. The van der Waals surface area contributed by atoms with Gasteiger partial charge in [-0.15, -0.1) is 0 Å². The van der Waals surface area contributed by atoms with Gasteiger partial charge in [-0.2, -0.15) is 0 Å². The standard InChI is InChI=1S/C15H17NO2/c1-11(2)18-14-6-4-3-5-13(14)15(17)12-7-9-16-10-8-12/h3-11,15,17H,1-2H3. The number of aliphatic hydroxyl groups excluding tert-OH is 1. The molecule has 3 nitrogen and oxygen atoms in total. The van der Waals surface area contributed by atoms with Gasteiger partial charge in [-0.05, 0) is 37.6 Å². The molecule has 18 heavy (non-hydrogen) atoms. The summed E-state index contributed by atoms with van der Waals surface area (Å²) in [5, 5.41) is 10.4. The molecule has 2 aromatic rings. The van der Waals surface area contributed by atoms with E-state index in [1.54, 1.807) is 24.5 Å². The van der Waals surface area contributed by atoms with Gasteiger partial charge in [-0.3, -0.25) is 4.98 Å². The monoisotopic (exact) mass is 243 g/mol. The normalized spacial score (nSPS) is 12.4. The molecule has 0 saturated carbocycles. The quantitative estimate of drug-likeness (QED) is 0.897. The number of benzene rings is 1. The maximum absolute atomic E-state index is 10.4. The molecule has 0 amide bonds. The van der Waals surface area contributed by atoms with Gasteiger partial charge in [0.1, 0.15) is 11.9 Å². The van der Waals surface area contributed by atoms with Gasteiger partial charge in [0.15, 0.2) is 0 Å². The van der Waals surface area contributed by atoms with Crippen molar-refractivity contribution in [2.45, 2.75) is 26.1 Å². The Labute approximate surface area is 107 Å². The third-order valence-corrected chi connectivity index (χ3v) is 2.60. The van der Waals surface area contributed by atoms with E-state index in [1.165, 1.54) is 0 Å². The predicted molar refractivity (Wildman–Crippen MR) is 70.5 cm³/mol. The third kappa shape index (κ3) is 2.87. The summed E-state index contributed by atoms with van der Waals surface area (Å²) in [6.45, 7) is 3.94. The van der Waals surface area contributed by atoms with Crippen molar-refractivity contribution in [3.05, 3.63) is 59.9 Å². The van der Waals surface area contributed by atoms with Crippen LogP contribution in [-0.4, -0.2) is 16.2 Å². The number of hydrogen-bond acceptors (Lipinski definition) is 3. The molecule has 0 radical (unpaired) electrons. The first-order valence-electron chi connectivity index (χ1n) is 6.02. The molecule has 0 aliphatic carbocycles. The van der Waals surface area contributed by atoms with Crippen LogP contribution in [0.4, 0.5) is 0 Å². The molecule has 1 heterocycles. The third-order valence-electron chi connectivity index (χ3n) is 2.60. The molecule has 1 atom stereocenters. The SMILES string of the molecule is CC(C)Oc1ccccc1C(O)c1ccncc1. The summed E-state index contributed by atoms with van der Waals surface area (Å²) < 4.78 is 5.71. The van der Waals surface area contributed by atoms with Crippen LogP contribution in [0, 0.1) is 0 Å². The number of aromatic nitrogens is 1. The first kappa shape index (κ1) is 12.6. The van der Waals surface area contributed by atoms with Gasteiger partial charge in [0.05, 0.1) is 6.10 Å². The first-order chi connectivity index (χ1) is 8.68. The molecule has 0 aliphatic rings. The Kier molecular flexibility index (Phi) is 3.95. The summed E-state index contributed by atoms with van der Waals surface area (Å²) in [6.07, 6.45) is 2.73. The van der Waals surface area contributed by atoms with Gasteiger partial charge < -0.3 is 9.84 Å². The zero-order chi connectivity index (χ0) is 13.0. The molecule has 3 heteroatoms. The molecule has 0 bridgehead atoms. The second-order valence-corrected chi connectivity index (χ2v) is 4.39. The van der Waals surface area contributed by atoms with Gasteiger partial charge in [0, 0.05) is 18.0 Å². The molecule has 1 N–H and O–H groups in total. The average molecular weight is 243 g/mol. The van der Waals surface area contributed by atoms with E-state index in [0.29, 0.717) is 0 Å². The Morgan fingerprint density at radius 3 is 2.39 bits per heavy atom. The fraction of sp³-hybridized carbons (Fsp3) is 0.267. The topological polar surface area (TPSA) is 42.4 Å². The molecule has 0 saturated heterocycles. The van der Waals surface area contributed by atoms with Crippen molar-refractivity contribution in [3.63, 3.8) is 0 Å². The van der Waals surface area contributed by atoms with E-state index >= 15 is 0 Å². The van der Waals surface area contributed by atoms with E-state index < -0.39 is 6.10 Å². The van der Waals surface area contributed by atoms with Crippen LogP contribution in [0.15, 0.2) is 48.8 Å². The van der Waals surface area contributed by atoms with Gasteiger partial charge in [-0.25, -0.2) is 0 Å². The number of aliphatic hydroxyl groups is 1. The fourth-order valence-electron chi connectivity index (χ4n) is 1.79. The molecule has 1 aromatic carbocycles. The summed E-state index contributed by atoms with van der Waals surface area (Å²) in [5.74, 6) is 0.719. The van der Waals surface area contributed by atoms with E-state index in [-0.39, 0.29) is 6.10 Å². The minimum Gasteiger partial charge on any atom is -0.491 e. The predicted octanol–water partition coefficient (Wildman–Crippen LogP) is 2.95. The lowest BCUT2D eigenvalue weighted by Crippen LogP contribution is -2.09. The van der Waals surface area contributed by atoms with E-state index in [2.05, 4.69) is 4.98 Å². The van der Waals surface area contributed by atoms with Crippen LogP contribution < -0.4 is 4.74 Å². The summed E-state index contributed by atoms with van der Waals surface area (Å²) in [4.78, 5) is 3.95. The summed E-state index contributed by atoms with van der Waals surface area (Å²) >= 11 is 0. The lowest BCUT2D eigenvalue weighted by atomic mass is 10.0. The minimum absolute atomic E-state index is 0.0794. The van der Waals surface area contributed by atoms with E-state index in [9.17, 15) is 5.11 Å². The molecule has 1 aromatic heterocycles. The largest absolute Gasteiger partial charge is 0.491 e. The number of rotatable bonds is 4. The highest BCUT2D eigenvalue weighted by atomic mass is 16.5. The molecule has 94 valence electrons. The Hall–Kier alpha value is -1.87. The molecule has 0 aliphatic heterocycles. The van der Waals surface area contributed by atoms with Crippen molar-refractivity contribution in [2.24, 2.45) is 0 Å². The molecule has 1 unspecified atom stereocenters. The zero-order valence-electron chi connectivity index (χ0n) is 10.6. The Balaban J connectivity index is 2.33. The van der Waals surface area contributed by atoms with Crippen LogP contribution in [-0.2, 0) is 0 Å². The smallest absolute Gasteiger partial charge is 0.125 e. The molecule has 2 rings (SSSR count). The van der Waals surface area contributed by atoms with Gasteiger partial charge in [-0.1, -0.05) is 18.2 Å². The van der Waals surface area contributed by atoms with E-state index in [4.69, 9.17) is 4.74 Å². The minimum atomic E-state index is -0.692. The average Bonchev–Trinajstić information content (AvgIpc) is 2.39. The van der Waals surface area contributed by atoms with Crippen LogP contribution in [0.25, 0.3) is 0 Å². The highest BCUT2D eigenvalue weighted by Crippen LogP contribution is 2.30. The van der Waals surface area contributed by atoms with Gasteiger partial charge in [0.2, 0.25) is 0 Å². The van der Waals surface area contributed by atoms with Gasteiger partial charge >= 0.3 is 0 Å². The van der Waals surface area contributed by atoms with Crippen molar-refractivity contribution in [3.8, 4) is 5.75 Å². The highest BCUT2D eigenvalue weighted by Gasteiger charge is 2.15. The van der Waals surface area contributed by atoms with Crippen LogP contribution in [0.5, 0.6) is 5.75 Å². The summed E-state index contributed by atoms with van der Waals surface area (Å²) in [7, 11) is 0. The van der Waals surface area contributed by atoms with Crippen molar-refractivity contribution in [2.75, 3.05) is 0 Å². The van der Waals surface area contributed by atoms with Crippen molar-refractivity contribution in [1.82, 2.24) is 4.98 Å². The number of hydrogen-bond donors (Lipinski definition) is 1. The van der Waals surface area contributed by atoms with Crippen molar-refractivity contribution in [1.29, 1.82) is 0 Å². The highest BCUT2D eigenvalue weighted by molar-refractivity contribution is 5.39.